The third-order valence-corrected chi connectivity index (χ3v) is 7.11. The Kier molecular flexibility index (Phi) is 5.40. The van der Waals surface area contributed by atoms with E-state index in [-0.39, 0.29) is 5.92 Å². The number of fused-ring (bicyclic) bond motifs is 1. The van der Waals surface area contributed by atoms with E-state index in [0.29, 0.717) is 11.9 Å². The van der Waals surface area contributed by atoms with Crippen LogP contribution in [0.5, 0.6) is 0 Å². The Balaban J connectivity index is 1.19. The van der Waals surface area contributed by atoms with Crippen molar-refractivity contribution in [3.05, 3.63) is 36.4 Å². The first-order valence-electron chi connectivity index (χ1n) is 11.4. The topological polar surface area (TPSA) is 39.7 Å². The molecule has 2 aromatic rings. The highest BCUT2D eigenvalue weighted by atomic mass is 16.2. The van der Waals surface area contributed by atoms with E-state index in [4.69, 9.17) is 4.98 Å². The third kappa shape index (κ3) is 3.97. The van der Waals surface area contributed by atoms with E-state index in [0.717, 1.165) is 63.4 Å². The monoisotopic (exact) mass is 392 g/mol. The van der Waals surface area contributed by atoms with Gasteiger partial charge >= 0.3 is 0 Å². The third-order valence-electron chi connectivity index (χ3n) is 7.11. The maximum atomic E-state index is 12.9. The van der Waals surface area contributed by atoms with E-state index in [2.05, 4.69) is 51.1 Å². The molecule has 0 spiro atoms. The van der Waals surface area contributed by atoms with Crippen LogP contribution in [0, 0.1) is 5.92 Å². The highest BCUT2D eigenvalue weighted by Gasteiger charge is 2.34. The van der Waals surface area contributed by atoms with Crippen molar-refractivity contribution in [3.8, 4) is 0 Å². The van der Waals surface area contributed by atoms with E-state index in [1.807, 2.05) is 0 Å². The number of para-hydroxylation sites is 1. The Morgan fingerprint density at radius 1 is 0.862 bits per heavy atom. The first-order valence-corrected chi connectivity index (χ1v) is 11.4. The lowest BCUT2D eigenvalue weighted by atomic mass is 9.93. The van der Waals surface area contributed by atoms with Gasteiger partial charge in [-0.2, -0.15) is 0 Å². The van der Waals surface area contributed by atoms with Crippen LogP contribution in [0.25, 0.3) is 10.9 Å². The zero-order valence-corrected chi connectivity index (χ0v) is 17.3. The summed E-state index contributed by atoms with van der Waals surface area (Å²) in [6.07, 6.45) is 6.94. The standard InChI is InChI=1S/C24H32N4O/c29-24(27-13-3-4-14-27)20-7-5-15-28(18-20)21-11-16-26(17-12-21)23-10-9-19-6-1-2-8-22(19)25-23/h1-2,6,8-10,20-21H,3-5,7,11-18H2. The number of carbonyl (C=O) groups is 1. The maximum Gasteiger partial charge on any atom is 0.226 e. The molecule has 5 nitrogen and oxygen atoms in total. The highest BCUT2D eigenvalue weighted by molar-refractivity contribution is 5.80. The fraction of sp³-hybridized carbons (Fsp3) is 0.583. The lowest BCUT2D eigenvalue weighted by Gasteiger charge is -2.42. The average molecular weight is 393 g/mol. The van der Waals surface area contributed by atoms with Gasteiger partial charge in [-0.15, -0.1) is 0 Å². The van der Waals surface area contributed by atoms with Gasteiger partial charge in [0.05, 0.1) is 11.4 Å². The van der Waals surface area contributed by atoms with Crippen LogP contribution in [-0.2, 0) is 4.79 Å². The number of amides is 1. The molecular formula is C24H32N4O. The molecule has 1 atom stereocenters. The molecule has 5 rings (SSSR count). The number of aromatic nitrogens is 1. The summed E-state index contributed by atoms with van der Waals surface area (Å²) in [5.41, 5.74) is 1.08. The van der Waals surface area contributed by atoms with Crippen molar-refractivity contribution in [2.75, 3.05) is 44.2 Å². The molecule has 1 unspecified atom stereocenters. The molecule has 0 bridgehead atoms. The van der Waals surface area contributed by atoms with Gasteiger partial charge in [-0.3, -0.25) is 9.69 Å². The van der Waals surface area contributed by atoms with Crippen molar-refractivity contribution >= 4 is 22.6 Å². The first kappa shape index (κ1) is 18.9. The summed E-state index contributed by atoms with van der Waals surface area (Å²) in [5.74, 6) is 1.75. The second-order valence-corrected chi connectivity index (χ2v) is 8.95. The number of piperidine rings is 2. The largest absolute Gasteiger partial charge is 0.356 e. The van der Waals surface area contributed by atoms with Crippen molar-refractivity contribution in [2.24, 2.45) is 5.92 Å². The van der Waals surface area contributed by atoms with E-state index >= 15 is 0 Å². The number of hydrogen-bond donors (Lipinski definition) is 0. The number of anilines is 1. The molecule has 1 aromatic heterocycles. The van der Waals surface area contributed by atoms with Gasteiger partial charge in [0.1, 0.15) is 5.82 Å². The number of carbonyl (C=O) groups excluding carboxylic acids is 1. The minimum Gasteiger partial charge on any atom is -0.356 e. The molecule has 0 saturated carbocycles. The van der Waals surface area contributed by atoms with Crippen molar-refractivity contribution in [1.29, 1.82) is 0 Å². The molecular weight excluding hydrogens is 360 g/mol. The summed E-state index contributed by atoms with van der Waals surface area (Å²) in [5, 5.41) is 1.20. The van der Waals surface area contributed by atoms with Gasteiger partial charge in [0.25, 0.3) is 0 Å². The normalized spacial score (nSPS) is 24.3. The van der Waals surface area contributed by atoms with Crippen LogP contribution in [0.15, 0.2) is 36.4 Å². The Labute approximate surface area is 173 Å². The second kappa shape index (κ2) is 8.31. The summed E-state index contributed by atoms with van der Waals surface area (Å²) >= 11 is 0. The quantitative estimate of drug-likeness (QED) is 0.801. The zero-order chi connectivity index (χ0) is 19.6. The van der Waals surface area contributed by atoms with Crippen molar-refractivity contribution in [1.82, 2.24) is 14.8 Å². The summed E-state index contributed by atoms with van der Waals surface area (Å²) in [4.78, 5) is 24.9. The molecule has 29 heavy (non-hydrogen) atoms. The van der Waals surface area contributed by atoms with Gasteiger partial charge in [0.2, 0.25) is 5.91 Å². The van der Waals surface area contributed by atoms with E-state index in [1.165, 1.54) is 31.1 Å². The smallest absolute Gasteiger partial charge is 0.226 e. The molecule has 154 valence electrons. The minimum absolute atomic E-state index is 0.224. The molecule has 3 aliphatic rings. The second-order valence-electron chi connectivity index (χ2n) is 8.95. The number of pyridine rings is 1. The summed E-state index contributed by atoms with van der Waals surface area (Å²) in [6, 6.07) is 13.3. The molecule has 0 N–H and O–H groups in total. The Bertz CT molecular complexity index is 855. The van der Waals surface area contributed by atoms with Crippen LogP contribution >= 0.6 is 0 Å². The SMILES string of the molecule is O=C(C1CCCN(C2CCN(c3ccc4ccccc4n3)CC2)C1)N1CCCC1. The molecule has 4 heterocycles. The number of likely N-dealkylation sites (tertiary alicyclic amines) is 2. The molecule has 1 aromatic carbocycles. The van der Waals surface area contributed by atoms with Gasteiger partial charge in [-0.1, -0.05) is 18.2 Å². The van der Waals surface area contributed by atoms with Gasteiger partial charge < -0.3 is 9.80 Å². The lowest BCUT2D eigenvalue weighted by Crippen LogP contribution is -2.51. The molecule has 3 fully saturated rings. The van der Waals surface area contributed by atoms with Gasteiger partial charge in [0, 0.05) is 44.2 Å². The Morgan fingerprint density at radius 3 is 2.48 bits per heavy atom. The average Bonchev–Trinajstić information content (AvgIpc) is 3.33. The van der Waals surface area contributed by atoms with Crippen molar-refractivity contribution in [2.45, 2.75) is 44.6 Å². The lowest BCUT2D eigenvalue weighted by molar-refractivity contribution is -0.136. The number of hydrogen-bond acceptors (Lipinski definition) is 4. The first-order chi connectivity index (χ1) is 14.3. The molecule has 0 radical (unpaired) electrons. The zero-order valence-electron chi connectivity index (χ0n) is 17.3. The summed E-state index contributed by atoms with van der Waals surface area (Å²) in [7, 11) is 0. The fourth-order valence-corrected chi connectivity index (χ4v) is 5.43. The molecule has 3 saturated heterocycles. The van der Waals surface area contributed by atoms with E-state index in [9.17, 15) is 4.79 Å². The predicted octanol–water partition coefficient (Wildman–Crippen LogP) is 3.54. The highest BCUT2D eigenvalue weighted by Crippen LogP contribution is 2.28. The van der Waals surface area contributed by atoms with Crippen LogP contribution in [0.2, 0.25) is 0 Å². The van der Waals surface area contributed by atoms with Crippen LogP contribution in [0.4, 0.5) is 5.82 Å². The van der Waals surface area contributed by atoms with Crippen LogP contribution < -0.4 is 4.90 Å². The van der Waals surface area contributed by atoms with Gasteiger partial charge in [0.15, 0.2) is 0 Å². The molecule has 3 aliphatic heterocycles. The maximum absolute atomic E-state index is 12.9. The molecule has 0 aliphatic carbocycles. The predicted molar refractivity (Wildman–Crippen MR) is 117 cm³/mol. The molecule has 5 heteroatoms. The summed E-state index contributed by atoms with van der Waals surface area (Å²) in [6.45, 7) is 6.18. The van der Waals surface area contributed by atoms with Crippen LogP contribution in [0.3, 0.4) is 0 Å². The number of benzene rings is 1. The Hall–Kier alpha value is -2.14. The van der Waals surface area contributed by atoms with Crippen molar-refractivity contribution < 1.29 is 4.79 Å². The fourth-order valence-electron chi connectivity index (χ4n) is 5.43. The van der Waals surface area contributed by atoms with Crippen LogP contribution in [0.1, 0.15) is 38.5 Å². The van der Waals surface area contributed by atoms with Crippen molar-refractivity contribution in [3.63, 3.8) is 0 Å². The Morgan fingerprint density at radius 2 is 1.66 bits per heavy atom. The van der Waals surface area contributed by atoms with E-state index < -0.39 is 0 Å². The van der Waals surface area contributed by atoms with Gasteiger partial charge in [-0.05, 0) is 63.3 Å². The molecule has 1 amide bonds. The van der Waals surface area contributed by atoms with Crippen LogP contribution in [-0.4, -0.2) is 66.0 Å². The minimum atomic E-state index is 0.224. The van der Waals surface area contributed by atoms with E-state index in [1.54, 1.807) is 0 Å². The number of rotatable bonds is 3. The number of nitrogens with zero attached hydrogens (tertiary/aromatic N) is 4. The van der Waals surface area contributed by atoms with Gasteiger partial charge in [-0.25, -0.2) is 4.98 Å². The summed E-state index contributed by atoms with van der Waals surface area (Å²) < 4.78 is 0.